The highest BCUT2D eigenvalue weighted by Crippen LogP contribution is 2.13. The highest BCUT2D eigenvalue weighted by atomic mass is 16.4. The van der Waals surface area contributed by atoms with Gasteiger partial charge in [-0.2, -0.15) is 0 Å². The number of aromatic nitrogens is 3. The number of nitrogens with two attached hydrogens (primary N) is 1. The molecule has 1 aromatic carbocycles. The second-order valence-corrected chi connectivity index (χ2v) is 7.18. The number of carboxylic acids is 1. The second kappa shape index (κ2) is 9.69. The van der Waals surface area contributed by atoms with Crippen LogP contribution in [0.25, 0.3) is 11.0 Å². The number of amides is 1. The first-order valence-electron chi connectivity index (χ1n) is 9.74. The van der Waals surface area contributed by atoms with Crippen molar-refractivity contribution in [1.82, 2.24) is 20.3 Å². The molecule has 0 saturated heterocycles. The van der Waals surface area contributed by atoms with Gasteiger partial charge in [-0.05, 0) is 37.6 Å². The number of Topliss-reactive ketones (excluding diaryl/α,β-unsaturated/α-hetero) is 1. The Bertz CT molecular complexity index is 1220. The number of pyridine rings is 1. The van der Waals surface area contributed by atoms with Gasteiger partial charge in [-0.3, -0.25) is 14.6 Å². The van der Waals surface area contributed by atoms with Gasteiger partial charge >= 0.3 is 5.97 Å². The number of H-pyrrole nitrogens is 1. The van der Waals surface area contributed by atoms with Gasteiger partial charge in [-0.1, -0.05) is 0 Å². The van der Waals surface area contributed by atoms with Gasteiger partial charge in [0.15, 0.2) is 5.52 Å². The molecule has 0 bridgehead atoms. The quantitative estimate of drug-likeness (QED) is 0.326. The highest BCUT2D eigenvalue weighted by molar-refractivity contribution is 5.97. The third kappa shape index (κ3) is 5.65. The topological polar surface area (TPSA) is 180 Å². The van der Waals surface area contributed by atoms with Gasteiger partial charge in [-0.15, -0.1) is 0 Å². The van der Waals surface area contributed by atoms with E-state index in [1.54, 1.807) is 24.3 Å². The van der Waals surface area contributed by atoms with Gasteiger partial charge in [0.25, 0.3) is 11.5 Å². The fourth-order valence-corrected chi connectivity index (χ4v) is 2.95. The van der Waals surface area contributed by atoms with Crippen molar-refractivity contribution in [2.75, 3.05) is 11.1 Å². The van der Waals surface area contributed by atoms with Crippen LogP contribution >= 0.6 is 0 Å². The summed E-state index contributed by atoms with van der Waals surface area (Å²) in [5, 5.41) is 14.8. The van der Waals surface area contributed by atoms with Crippen LogP contribution in [-0.4, -0.2) is 43.8 Å². The normalized spacial score (nSPS) is 11.7. The van der Waals surface area contributed by atoms with Crippen LogP contribution < -0.4 is 21.9 Å². The van der Waals surface area contributed by atoms with Crippen molar-refractivity contribution in [2.24, 2.45) is 0 Å². The molecule has 6 N–H and O–H groups in total. The number of carboxylic acid groups (broad SMARTS) is 1. The lowest BCUT2D eigenvalue weighted by atomic mass is 10.1. The van der Waals surface area contributed by atoms with Crippen molar-refractivity contribution >= 4 is 40.2 Å². The lowest BCUT2D eigenvalue weighted by molar-refractivity contribution is -0.139. The molecule has 3 aromatic rings. The standard InChI is InChI=1S/C21H22N6O5/c1-11(28)2-7-15(21(31)32)26-19(29)12-3-5-13(6-4-12)23-9-14-10-24-16-8-17(22)27-20(30)18(16)25-14/h3-6,8,10,15,23H,2,7,9H2,1H3,(H,26,29)(H,31,32)(H3,22,27,30)/t15-/m1/s1. The smallest absolute Gasteiger partial charge is 0.326 e. The van der Waals surface area contributed by atoms with E-state index in [9.17, 15) is 24.3 Å². The number of ketones is 1. The molecule has 0 aliphatic heterocycles. The van der Waals surface area contributed by atoms with Gasteiger partial charge in [0.2, 0.25) is 0 Å². The van der Waals surface area contributed by atoms with Crippen molar-refractivity contribution in [3.05, 3.63) is 58.1 Å². The summed E-state index contributed by atoms with van der Waals surface area (Å²) in [7, 11) is 0. The van der Waals surface area contributed by atoms with Gasteiger partial charge in [0.05, 0.1) is 24.0 Å². The van der Waals surface area contributed by atoms with Crippen molar-refractivity contribution in [1.29, 1.82) is 0 Å². The number of rotatable bonds is 9. The Morgan fingerprint density at radius 2 is 1.94 bits per heavy atom. The molecule has 11 nitrogen and oxygen atoms in total. The molecule has 2 heterocycles. The first-order valence-corrected chi connectivity index (χ1v) is 9.74. The Kier molecular flexibility index (Phi) is 6.78. The number of carbonyl (C=O) groups is 3. The number of aliphatic carboxylic acids is 1. The van der Waals surface area contributed by atoms with E-state index in [0.29, 0.717) is 16.9 Å². The first-order chi connectivity index (χ1) is 15.2. The third-order valence-corrected chi connectivity index (χ3v) is 4.63. The Hall–Kier alpha value is -4.28. The predicted molar refractivity (Wildman–Crippen MR) is 117 cm³/mol. The number of carbonyl (C=O) groups excluding carboxylic acids is 2. The van der Waals surface area contributed by atoms with Gasteiger partial charge in [-0.25, -0.2) is 9.78 Å². The maximum absolute atomic E-state index is 12.3. The predicted octanol–water partition coefficient (Wildman–Crippen LogP) is 1.06. The molecule has 32 heavy (non-hydrogen) atoms. The summed E-state index contributed by atoms with van der Waals surface area (Å²) in [5.41, 5.74) is 7.24. The first kappa shape index (κ1) is 22.4. The lowest BCUT2D eigenvalue weighted by Gasteiger charge is -2.14. The highest BCUT2D eigenvalue weighted by Gasteiger charge is 2.21. The Morgan fingerprint density at radius 1 is 1.22 bits per heavy atom. The molecule has 0 aliphatic rings. The summed E-state index contributed by atoms with van der Waals surface area (Å²) < 4.78 is 0. The SMILES string of the molecule is CC(=O)CC[C@@H](NC(=O)c1ccc(NCc2cnc3cc(N)[nH]c(=O)c3n2)cc1)C(=O)O. The molecular weight excluding hydrogens is 416 g/mol. The maximum atomic E-state index is 12.3. The van der Waals surface area contributed by atoms with Crippen LogP contribution in [0.5, 0.6) is 0 Å². The minimum atomic E-state index is -1.20. The molecule has 0 fully saturated rings. The maximum Gasteiger partial charge on any atom is 0.326 e. The Morgan fingerprint density at radius 3 is 2.59 bits per heavy atom. The average molecular weight is 438 g/mol. The van der Waals surface area contributed by atoms with E-state index in [2.05, 4.69) is 25.6 Å². The third-order valence-electron chi connectivity index (χ3n) is 4.63. The monoisotopic (exact) mass is 438 g/mol. The number of fused-ring (bicyclic) bond motifs is 1. The van der Waals surface area contributed by atoms with Crippen LogP contribution in [0.2, 0.25) is 0 Å². The van der Waals surface area contributed by atoms with Gasteiger partial charge in [0, 0.05) is 23.7 Å². The number of hydrogen-bond acceptors (Lipinski definition) is 8. The van der Waals surface area contributed by atoms with Crippen LogP contribution in [0, 0.1) is 0 Å². The molecule has 11 heteroatoms. The molecule has 0 saturated carbocycles. The summed E-state index contributed by atoms with van der Waals surface area (Å²) >= 11 is 0. The van der Waals surface area contributed by atoms with E-state index in [1.165, 1.54) is 19.2 Å². The van der Waals surface area contributed by atoms with E-state index in [1.807, 2.05) is 0 Å². The van der Waals surface area contributed by atoms with Crippen molar-refractivity contribution < 1.29 is 19.5 Å². The molecular formula is C21H22N6O5. The lowest BCUT2D eigenvalue weighted by Crippen LogP contribution is -2.41. The summed E-state index contributed by atoms with van der Waals surface area (Å²) in [6.07, 6.45) is 1.62. The Balaban J connectivity index is 1.62. The van der Waals surface area contributed by atoms with Crippen LogP contribution in [0.4, 0.5) is 11.5 Å². The molecule has 1 atom stereocenters. The van der Waals surface area contributed by atoms with E-state index in [4.69, 9.17) is 5.73 Å². The second-order valence-electron chi connectivity index (χ2n) is 7.18. The zero-order valence-electron chi connectivity index (χ0n) is 17.2. The summed E-state index contributed by atoms with van der Waals surface area (Å²) in [5.74, 6) is -1.69. The zero-order valence-corrected chi connectivity index (χ0v) is 17.2. The number of nitrogen functional groups attached to an aromatic ring is 1. The fourth-order valence-electron chi connectivity index (χ4n) is 2.95. The molecule has 0 aliphatic carbocycles. The van der Waals surface area contributed by atoms with E-state index in [0.717, 1.165) is 0 Å². The molecule has 166 valence electrons. The van der Waals surface area contributed by atoms with Crippen LogP contribution in [0.3, 0.4) is 0 Å². The number of hydrogen-bond donors (Lipinski definition) is 5. The molecule has 3 rings (SSSR count). The van der Waals surface area contributed by atoms with Crippen LogP contribution in [0.15, 0.2) is 41.3 Å². The number of nitrogens with zero attached hydrogens (tertiary/aromatic N) is 2. The molecule has 0 unspecified atom stereocenters. The van der Waals surface area contributed by atoms with Gasteiger partial charge < -0.3 is 31.3 Å². The van der Waals surface area contributed by atoms with E-state index < -0.39 is 23.5 Å². The number of nitrogens with one attached hydrogen (secondary N) is 3. The minimum absolute atomic E-state index is 0.0261. The fraction of sp³-hybridized carbons (Fsp3) is 0.238. The summed E-state index contributed by atoms with van der Waals surface area (Å²) in [6, 6.07) is 6.78. The number of aromatic amines is 1. The van der Waals surface area contributed by atoms with E-state index in [-0.39, 0.29) is 42.1 Å². The summed E-state index contributed by atoms with van der Waals surface area (Å²) in [6.45, 7) is 1.65. The molecule has 0 spiro atoms. The van der Waals surface area contributed by atoms with Crippen molar-refractivity contribution in [3.63, 3.8) is 0 Å². The average Bonchev–Trinajstić information content (AvgIpc) is 2.75. The van der Waals surface area contributed by atoms with Crippen LogP contribution in [-0.2, 0) is 16.1 Å². The van der Waals surface area contributed by atoms with Crippen LogP contribution in [0.1, 0.15) is 35.8 Å². The Labute approximate surface area is 182 Å². The molecule has 2 aromatic heterocycles. The van der Waals surface area contributed by atoms with E-state index >= 15 is 0 Å². The van der Waals surface area contributed by atoms with Crippen molar-refractivity contribution in [3.8, 4) is 0 Å². The zero-order chi connectivity index (χ0) is 23.3. The van der Waals surface area contributed by atoms with Crippen molar-refractivity contribution in [2.45, 2.75) is 32.4 Å². The largest absolute Gasteiger partial charge is 0.480 e. The number of benzene rings is 1. The molecule has 0 radical (unpaired) electrons. The molecule has 1 amide bonds. The summed E-state index contributed by atoms with van der Waals surface area (Å²) in [4.78, 5) is 57.6. The number of anilines is 2. The van der Waals surface area contributed by atoms with Gasteiger partial charge in [0.1, 0.15) is 17.6 Å². The minimum Gasteiger partial charge on any atom is -0.480 e.